The number of unbranched alkanes of at least 4 members (excludes halogenated alkanes) is 36. The highest BCUT2D eigenvalue weighted by Crippen LogP contribution is 2.45. The molecular weight excluding hydrogens is 1250 g/mol. The highest BCUT2D eigenvalue weighted by atomic mass is 31.2. The molecule has 0 radical (unpaired) electrons. The van der Waals surface area contributed by atoms with Crippen LogP contribution in [0.25, 0.3) is 0 Å². The monoisotopic (exact) mass is 1400 g/mol. The van der Waals surface area contributed by atoms with Crippen molar-refractivity contribution >= 4 is 39.5 Å². The van der Waals surface area contributed by atoms with Crippen LogP contribution in [-0.2, 0) is 65.4 Å². The Labute approximate surface area is 581 Å². The smallest absolute Gasteiger partial charge is 0.462 e. The van der Waals surface area contributed by atoms with E-state index < -0.39 is 97.5 Å². The molecule has 0 aliphatic heterocycles. The van der Waals surface area contributed by atoms with Gasteiger partial charge in [0.25, 0.3) is 0 Å². The van der Waals surface area contributed by atoms with Gasteiger partial charge in [0.15, 0.2) is 12.2 Å². The molecule has 0 aromatic heterocycles. The number of phosphoric acid groups is 2. The first kappa shape index (κ1) is 93.1. The Morgan fingerprint density at radius 2 is 0.505 bits per heavy atom. The fraction of sp³-hybridized carbons (Fsp3) is 0.947. The van der Waals surface area contributed by atoms with Crippen molar-refractivity contribution in [2.75, 3.05) is 39.6 Å². The Bertz CT molecular complexity index is 1870. The molecular formula is C76H148O17P2. The first-order valence-electron chi connectivity index (χ1n) is 39.3. The SMILES string of the molecule is CCC(C)CCCCCCCCCCCCCCCCC(=O)OC[C@H](COP(=O)(O)OC[C@@H](O)COP(=O)(O)OC[C@@H](COC(=O)CCCCCCCCC(C)C)OC(=O)CCCCCCCCCCCCCCCCC(C)CC)OC(=O)CCCCCCCCC(C)CC. The lowest BCUT2D eigenvalue weighted by Crippen LogP contribution is -2.30. The van der Waals surface area contributed by atoms with E-state index in [0.717, 1.165) is 114 Å². The van der Waals surface area contributed by atoms with Crippen LogP contribution >= 0.6 is 15.6 Å². The zero-order chi connectivity index (χ0) is 70.3. The summed E-state index contributed by atoms with van der Waals surface area (Å²) in [5.41, 5.74) is 0. The molecule has 95 heavy (non-hydrogen) atoms. The molecule has 0 aromatic rings. The number of rotatable bonds is 73. The lowest BCUT2D eigenvalue weighted by atomic mass is 9.99. The summed E-state index contributed by atoms with van der Waals surface area (Å²) in [6.45, 7) is 14.2. The number of aliphatic hydroxyl groups is 1. The number of hydrogen-bond donors (Lipinski definition) is 3. The second kappa shape index (κ2) is 65.4. The van der Waals surface area contributed by atoms with Crippen LogP contribution in [0.5, 0.6) is 0 Å². The third-order valence-electron chi connectivity index (χ3n) is 18.7. The largest absolute Gasteiger partial charge is 0.472 e. The van der Waals surface area contributed by atoms with Gasteiger partial charge in [-0.3, -0.25) is 37.3 Å². The minimum Gasteiger partial charge on any atom is -0.462 e. The molecule has 0 amide bonds. The highest BCUT2D eigenvalue weighted by Gasteiger charge is 2.30. The fourth-order valence-electron chi connectivity index (χ4n) is 11.5. The van der Waals surface area contributed by atoms with Gasteiger partial charge < -0.3 is 33.8 Å². The lowest BCUT2D eigenvalue weighted by molar-refractivity contribution is -0.161. The summed E-state index contributed by atoms with van der Waals surface area (Å²) >= 11 is 0. The van der Waals surface area contributed by atoms with Crippen LogP contribution in [-0.4, -0.2) is 96.7 Å². The number of esters is 4. The van der Waals surface area contributed by atoms with E-state index in [4.69, 9.17) is 37.0 Å². The first-order valence-corrected chi connectivity index (χ1v) is 42.3. The summed E-state index contributed by atoms with van der Waals surface area (Å²) in [4.78, 5) is 72.7. The number of phosphoric ester groups is 2. The number of aliphatic hydroxyl groups excluding tert-OH is 1. The molecule has 3 N–H and O–H groups in total. The zero-order valence-electron chi connectivity index (χ0n) is 62.3. The highest BCUT2D eigenvalue weighted by molar-refractivity contribution is 7.47. The predicted molar refractivity (Wildman–Crippen MR) is 386 cm³/mol. The van der Waals surface area contributed by atoms with Crippen molar-refractivity contribution in [3.8, 4) is 0 Å². The van der Waals surface area contributed by atoms with Gasteiger partial charge in [0.2, 0.25) is 0 Å². The standard InChI is InChI=1S/C76H148O17P2/c1-9-67(6)53-45-37-28-24-20-16-12-14-18-22-26-30-40-48-56-73(78)86-62-72(93-76(81)59-51-43-35-33-39-47-55-69(8)11-3)65-91-95(84,85)89-61-70(77)60-88-94(82,83)90-64-71(63-87-74(79)57-49-41-34-32-36-44-52-66(4)5)92-75(80)58-50-42-31-27-23-19-15-13-17-21-25-29-38-46-54-68(7)10-2/h66-72,77H,9-65H2,1-8H3,(H,82,83)(H,84,85)/t67?,68?,69?,70-,71+,72+/m0/s1. The van der Waals surface area contributed by atoms with E-state index in [2.05, 4.69) is 55.4 Å². The maximum atomic E-state index is 13.1. The van der Waals surface area contributed by atoms with Crippen LogP contribution in [0.2, 0.25) is 0 Å². The van der Waals surface area contributed by atoms with E-state index in [-0.39, 0.29) is 25.7 Å². The average Bonchev–Trinajstić information content (AvgIpc) is 1.85. The molecule has 0 aromatic carbocycles. The molecule has 0 bridgehead atoms. The summed E-state index contributed by atoms with van der Waals surface area (Å²) in [6, 6.07) is 0. The van der Waals surface area contributed by atoms with Crippen LogP contribution in [0.3, 0.4) is 0 Å². The van der Waals surface area contributed by atoms with E-state index >= 15 is 0 Å². The minimum atomic E-state index is -4.96. The summed E-state index contributed by atoms with van der Waals surface area (Å²) in [5, 5.41) is 10.6. The van der Waals surface area contributed by atoms with E-state index in [1.165, 1.54) is 180 Å². The Balaban J connectivity index is 5.17. The van der Waals surface area contributed by atoms with Crippen molar-refractivity contribution in [2.45, 2.75) is 401 Å². The minimum absolute atomic E-state index is 0.103. The van der Waals surface area contributed by atoms with E-state index in [9.17, 15) is 43.2 Å². The van der Waals surface area contributed by atoms with Gasteiger partial charge in [-0.2, -0.15) is 0 Å². The third-order valence-corrected chi connectivity index (χ3v) is 20.6. The predicted octanol–water partition coefficient (Wildman–Crippen LogP) is 22.0. The summed E-state index contributed by atoms with van der Waals surface area (Å²) in [6.07, 6.45) is 50.1. The summed E-state index contributed by atoms with van der Waals surface area (Å²) in [5.74, 6) is 0.969. The zero-order valence-corrected chi connectivity index (χ0v) is 64.1. The van der Waals surface area contributed by atoms with E-state index in [0.29, 0.717) is 31.6 Å². The second-order valence-electron chi connectivity index (χ2n) is 28.6. The van der Waals surface area contributed by atoms with Crippen LogP contribution < -0.4 is 0 Å². The van der Waals surface area contributed by atoms with Gasteiger partial charge in [0, 0.05) is 25.7 Å². The molecule has 0 saturated carbocycles. The first-order chi connectivity index (χ1) is 45.7. The van der Waals surface area contributed by atoms with Gasteiger partial charge in [-0.15, -0.1) is 0 Å². The normalized spacial score (nSPS) is 15.0. The van der Waals surface area contributed by atoms with Gasteiger partial charge in [0.05, 0.1) is 26.4 Å². The molecule has 0 fully saturated rings. The molecule has 0 spiro atoms. The van der Waals surface area contributed by atoms with E-state index in [1.807, 2.05) is 0 Å². The summed E-state index contributed by atoms with van der Waals surface area (Å²) < 4.78 is 68.4. The lowest BCUT2D eigenvalue weighted by Gasteiger charge is -2.21. The third kappa shape index (κ3) is 66.4. The topological polar surface area (TPSA) is 237 Å². The Hall–Kier alpha value is -1.94. The van der Waals surface area contributed by atoms with Gasteiger partial charge >= 0.3 is 39.5 Å². The van der Waals surface area contributed by atoms with Crippen LogP contribution in [0.1, 0.15) is 383 Å². The Morgan fingerprint density at radius 3 is 0.747 bits per heavy atom. The van der Waals surface area contributed by atoms with Crippen molar-refractivity contribution in [1.82, 2.24) is 0 Å². The van der Waals surface area contributed by atoms with Crippen molar-refractivity contribution in [2.24, 2.45) is 23.7 Å². The number of ether oxygens (including phenoxy) is 4. The number of hydrogen-bond acceptors (Lipinski definition) is 15. The number of carbonyl (C=O) groups is 4. The molecule has 0 aliphatic rings. The Morgan fingerprint density at radius 1 is 0.295 bits per heavy atom. The van der Waals surface area contributed by atoms with Crippen LogP contribution in [0, 0.1) is 23.7 Å². The molecule has 5 unspecified atom stereocenters. The fourth-order valence-corrected chi connectivity index (χ4v) is 13.0. The molecule has 8 atom stereocenters. The van der Waals surface area contributed by atoms with Crippen molar-refractivity contribution in [3.63, 3.8) is 0 Å². The van der Waals surface area contributed by atoms with E-state index in [1.54, 1.807) is 0 Å². The van der Waals surface area contributed by atoms with Crippen LogP contribution in [0.4, 0.5) is 0 Å². The van der Waals surface area contributed by atoms with Crippen molar-refractivity contribution < 1.29 is 80.2 Å². The Kier molecular flexibility index (Phi) is 64.0. The van der Waals surface area contributed by atoms with Gasteiger partial charge in [-0.05, 0) is 49.4 Å². The molecule has 17 nitrogen and oxygen atoms in total. The molecule has 0 heterocycles. The average molecular weight is 1400 g/mol. The van der Waals surface area contributed by atoms with Gasteiger partial charge in [0.1, 0.15) is 19.3 Å². The maximum Gasteiger partial charge on any atom is 0.472 e. The molecule has 564 valence electrons. The molecule has 19 heteroatoms. The van der Waals surface area contributed by atoms with Crippen molar-refractivity contribution in [3.05, 3.63) is 0 Å². The summed E-state index contributed by atoms with van der Waals surface area (Å²) in [7, 11) is -9.91. The second-order valence-corrected chi connectivity index (χ2v) is 31.5. The van der Waals surface area contributed by atoms with Crippen molar-refractivity contribution in [1.29, 1.82) is 0 Å². The molecule has 0 rings (SSSR count). The quantitative estimate of drug-likeness (QED) is 0.0222. The molecule has 0 saturated heterocycles. The van der Waals surface area contributed by atoms with Gasteiger partial charge in [-0.25, -0.2) is 9.13 Å². The maximum absolute atomic E-state index is 13.1. The molecule has 0 aliphatic carbocycles. The van der Waals surface area contributed by atoms with Gasteiger partial charge in [-0.1, -0.05) is 331 Å². The number of carbonyl (C=O) groups excluding carboxylic acids is 4. The van der Waals surface area contributed by atoms with Crippen LogP contribution in [0.15, 0.2) is 0 Å².